The molecule has 0 aromatic carbocycles. The molecular weight excluding hydrogens is 112 g/mol. The van der Waals surface area contributed by atoms with Crippen molar-refractivity contribution in [1.82, 2.24) is 0 Å². The zero-order chi connectivity index (χ0) is 7.11. The van der Waals surface area contributed by atoms with Crippen molar-refractivity contribution in [3.05, 3.63) is 0 Å². The van der Waals surface area contributed by atoms with Gasteiger partial charge in [0.1, 0.15) is 0 Å². The van der Waals surface area contributed by atoms with E-state index in [1.165, 1.54) is 0 Å². The van der Waals surface area contributed by atoms with Gasteiger partial charge in [0.15, 0.2) is 0 Å². The van der Waals surface area contributed by atoms with Crippen molar-refractivity contribution < 1.29 is 0 Å². The lowest BCUT2D eigenvalue weighted by molar-refractivity contribution is 0.955. The first-order valence-electron chi connectivity index (χ1n) is 3.57. The number of nitrogens with zero attached hydrogens (tertiary/aromatic N) is 1. The molecule has 0 aromatic rings. The molecule has 9 heavy (non-hydrogen) atoms. The van der Waals surface area contributed by atoms with Gasteiger partial charge in [-0.2, -0.15) is 0 Å². The number of rotatable bonds is 4. The zero-order valence-electron chi connectivity index (χ0n) is 6.35. The minimum Gasteiger partial charge on any atom is -0.326 e. The molecule has 0 bridgehead atoms. The minimum atomic E-state index is 0.627. The fourth-order valence-electron chi connectivity index (χ4n) is 0.758. The number of nitrogens with two attached hydrogens (primary N) is 1. The molecule has 54 valence electrons. The standard InChI is InChI=1S/C7H16N2/c1-3-5-7(6-8)9-4-2/h3-6,8H2,1-2H3/b9-7+. The number of hydrogen-bond donors (Lipinski definition) is 1. The van der Waals surface area contributed by atoms with Crippen LogP contribution >= 0.6 is 0 Å². The summed E-state index contributed by atoms with van der Waals surface area (Å²) in [6.45, 7) is 5.67. The molecule has 2 nitrogen and oxygen atoms in total. The van der Waals surface area contributed by atoms with E-state index in [0.717, 1.165) is 25.1 Å². The molecule has 0 aliphatic heterocycles. The Hall–Kier alpha value is -0.370. The largest absolute Gasteiger partial charge is 0.326 e. The maximum absolute atomic E-state index is 5.41. The second-order valence-corrected chi connectivity index (χ2v) is 1.99. The van der Waals surface area contributed by atoms with Crippen molar-refractivity contribution in [2.75, 3.05) is 13.1 Å². The molecule has 0 unspecified atom stereocenters. The van der Waals surface area contributed by atoms with Crippen molar-refractivity contribution in [2.24, 2.45) is 10.7 Å². The molecule has 0 aliphatic carbocycles. The molecule has 0 heterocycles. The highest BCUT2D eigenvalue weighted by atomic mass is 14.7. The van der Waals surface area contributed by atoms with Gasteiger partial charge < -0.3 is 5.73 Å². The van der Waals surface area contributed by atoms with Crippen LogP contribution in [0, 0.1) is 0 Å². The zero-order valence-corrected chi connectivity index (χ0v) is 6.35. The summed E-state index contributed by atoms with van der Waals surface area (Å²) >= 11 is 0. The van der Waals surface area contributed by atoms with Crippen LogP contribution in [0.1, 0.15) is 26.7 Å². The molecule has 0 spiro atoms. The summed E-state index contributed by atoms with van der Waals surface area (Å²) in [5.74, 6) is 0. The lowest BCUT2D eigenvalue weighted by Crippen LogP contribution is -2.13. The predicted molar refractivity (Wildman–Crippen MR) is 41.9 cm³/mol. The van der Waals surface area contributed by atoms with Crippen molar-refractivity contribution in [1.29, 1.82) is 0 Å². The van der Waals surface area contributed by atoms with E-state index >= 15 is 0 Å². The second-order valence-electron chi connectivity index (χ2n) is 1.99. The SMILES string of the molecule is CCC/C(CN)=N\CC. The Balaban J connectivity index is 3.53. The Morgan fingerprint density at radius 2 is 2.11 bits per heavy atom. The minimum absolute atomic E-state index is 0.627. The van der Waals surface area contributed by atoms with Crippen molar-refractivity contribution in [3.8, 4) is 0 Å². The molecule has 0 amide bonds. The monoisotopic (exact) mass is 128 g/mol. The van der Waals surface area contributed by atoms with Crippen LogP contribution in [0.5, 0.6) is 0 Å². The van der Waals surface area contributed by atoms with Crippen LogP contribution in [0.2, 0.25) is 0 Å². The lowest BCUT2D eigenvalue weighted by Gasteiger charge is -1.98. The molecule has 0 atom stereocenters. The summed E-state index contributed by atoms with van der Waals surface area (Å²) < 4.78 is 0. The van der Waals surface area contributed by atoms with Gasteiger partial charge in [-0.3, -0.25) is 4.99 Å². The molecular formula is C7H16N2. The maximum atomic E-state index is 5.41. The van der Waals surface area contributed by atoms with Crippen molar-refractivity contribution >= 4 is 5.71 Å². The van der Waals surface area contributed by atoms with Crippen LogP contribution in [0.25, 0.3) is 0 Å². The fraction of sp³-hybridized carbons (Fsp3) is 0.857. The summed E-state index contributed by atoms with van der Waals surface area (Å²) in [4.78, 5) is 4.22. The first-order valence-corrected chi connectivity index (χ1v) is 3.57. The molecule has 0 saturated carbocycles. The second kappa shape index (κ2) is 5.76. The van der Waals surface area contributed by atoms with Gasteiger partial charge in [-0.05, 0) is 13.3 Å². The van der Waals surface area contributed by atoms with E-state index in [0.29, 0.717) is 6.54 Å². The lowest BCUT2D eigenvalue weighted by atomic mass is 10.2. The first-order chi connectivity index (χ1) is 4.35. The van der Waals surface area contributed by atoms with E-state index < -0.39 is 0 Å². The van der Waals surface area contributed by atoms with Crippen molar-refractivity contribution in [2.45, 2.75) is 26.7 Å². The van der Waals surface area contributed by atoms with Gasteiger partial charge in [-0.25, -0.2) is 0 Å². The molecule has 0 fully saturated rings. The van der Waals surface area contributed by atoms with Gasteiger partial charge in [-0.15, -0.1) is 0 Å². The highest BCUT2D eigenvalue weighted by molar-refractivity contribution is 5.86. The summed E-state index contributed by atoms with van der Waals surface area (Å²) in [6.07, 6.45) is 2.21. The first kappa shape index (κ1) is 8.63. The summed E-state index contributed by atoms with van der Waals surface area (Å²) in [6, 6.07) is 0. The van der Waals surface area contributed by atoms with Gasteiger partial charge >= 0.3 is 0 Å². The van der Waals surface area contributed by atoms with E-state index in [9.17, 15) is 0 Å². The third-order valence-electron chi connectivity index (χ3n) is 1.16. The van der Waals surface area contributed by atoms with E-state index in [1.54, 1.807) is 0 Å². The van der Waals surface area contributed by atoms with Gasteiger partial charge in [0, 0.05) is 18.8 Å². The van der Waals surface area contributed by atoms with Crippen LogP contribution in [0.15, 0.2) is 4.99 Å². The van der Waals surface area contributed by atoms with Gasteiger partial charge in [0.2, 0.25) is 0 Å². The third-order valence-corrected chi connectivity index (χ3v) is 1.16. The quantitative estimate of drug-likeness (QED) is 0.568. The Morgan fingerprint density at radius 1 is 1.44 bits per heavy atom. The maximum Gasteiger partial charge on any atom is 0.0360 e. The summed E-state index contributed by atoms with van der Waals surface area (Å²) in [7, 11) is 0. The number of hydrogen-bond acceptors (Lipinski definition) is 2. The predicted octanol–water partition coefficient (Wildman–Crippen LogP) is 1.21. The molecule has 0 rings (SSSR count). The van der Waals surface area contributed by atoms with E-state index in [4.69, 9.17) is 5.73 Å². The smallest absolute Gasteiger partial charge is 0.0360 e. The average Bonchev–Trinajstić information content (AvgIpc) is 1.88. The van der Waals surface area contributed by atoms with Crippen molar-refractivity contribution in [3.63, 3.8) is 0 Å². The molecule has 0 aliphatic rings. The topological polar surface area (TPSA) is 38.4 Å². The van der Waals surface area contributed by atoms with E-state index in [-0.39, 0.29) is 0 Å². The van der Waals surface area contributed by atoms with Crippen LogP contribution in [-0.4, -0.2) is 18.8 Å². The Bertz CT molecular complexity index is 86.9. The normalized spacial score (nSPS) is 12.1. The summed E-state index contributed by atoms with van der Waals surface area (Å²) in [5.41, 5.74) is 6.57. The molecule has 0 saturated heterocycles. The van der Waals surface area contributed by atoms with E-state index in [2.05, 4.69) is 11.9 Å². The molecule has 0 radical (unpaired) electrons. The molecule has 2 N–H and O–H groups in total. The average molecular weight is 128 g/mol. The van der Waals surface area contributed by atoms with Crippen LogP contribution in [0.4, 0.5) is 0 Å². The van der Waals surface area contributed by atoms with Crippen LogP contribution in [-0.2, 0) is 0 Å². The molecule has 0 aromatic heterocycles. The fourth-order valence-corrected chi connectivity index (χ4v) is 0.758. The Labute approximate surface area is 57.2 Å². The van der Waals surface area contributed by atoms with Gasteiger partial charge in [-0.1, -0.05) is 13.3 Å². The van der Waals surface area contributed by atoms with Gasteiger partial charge in [0.05, 0.1) is 0 Å². The molecule has 2 heteroatoms. The van der Waals surface area contributed by atoms with Gasteiger partial charge in [0.25, 0.3) is 0 Å². The van der Waals surface area contributed by atoms with E-state index in [1.807, 2.05) is 6.92 Å². The Kier molecular flexibility index (Phi) is 5.52. The highest BCUT2D eigenvalue weighted by Crippen LogP contribution is 1.89. The third kappa shape index (κ3) is 4.15. The van der Waals surface area contributed by atoms with Crippen LogP contribution in [0.3, 0.4) is 0 Å². The summed E-state index contributed by atoms with van der Waals surface area (Å²) in [5, 5.41) is 0. The Morgan fingerprint density at radius 3 is 2.44 bits per heavy atom. The number of aliphatic imine (C=N–C) groups is 1. The van der Waals surface area contributed by atoms with Crippen LogP contribution < -0.4 is 5.73 Å². The highest BCUT2D eigenvalue weighted by Gasteiger charge is 1.90.